The van der Waals surface area contributed by atoms with Crippen molar-refractivity contribution in [2.75, 3.05) is 39.5 Å². The highest BCUT2D eigenvalue weighted by atomic mass is 16.6. The van der Waals surface area contributed by atoms with Crippen molar-refractivity contribution in [3.8, 4) is 0 Å². The van der Waals surface area contributed by atoms with Crippen LogP contribution < -0.4 is 16.0 Å². The van der Waals surface area contributed by atoms with E-state index in [1.54, 1.807) is 0 Å². The molecule has 0 atom stereocenters. The van der Waals surface area contributed by atoms with Gasteiger partial charge in [0, 0.05) is 19.6 Å². The second-order valence-electron chi connectivity index (χ2n) is 14.5. The molecule has 3 N–H and O–H groups in total. The molecule has 0 aromatic carbocycles. The Morgan fingerprint density at radius 3 is 1.02 bits per heavy atom. The van der Waals surface area contributed by atoms with Gasteiger partial charge in [0.2, 0.25) is 0 Å². The molecule has 0 aliphatic heterocycles. The van der Waals surface area contributed by atoms with E-state index in [1.165, 1.54) is 186 Å². The molecule has 292 valence electrons. The van der Waals surface area contributed by atoms with Gasteiger partial charge in [-0.3, -0.25) is 0 Å². The molecule has 0 saturated carbocycles. The summed E-state index contributed by atoms with van der Waals surface area (Å²) in [7, 11) is 0. The van der Waals surface area contributed by atoms with Crippen molar-refractivity contribution in [1.29, 1.82) is 0 Å². The van der Waals surface area contributed by atoms with Gasteiger partial charge in [0.15, 0.2) is 0 Å². The Balaban J connectivity index is 3.24. The summed E-state index contributed by atoms with van der Waals surface area (Å²) < 4.78 is 10.6. The monoisotopic (exact) mass is 696 g/mol. The number of nitrogens with one attached hydrogen (secondary N) is 3. The van der Waals surface area contributed by atoms with E-state index < -0.39 is 0 Å². The Labute approximate surface area is 305 Å². The standard InChI is InChI=1S/C42H85N3O4/c1-3-5-7-9-11-13-15-17-19-21-23-25-27-29-31-33-35-43-41(46)44-37-38-48-39-40-49-42(47)45-36-34-32-30-28-26-24-22-20-18-16-14-12-10-8-6-4-2/h3-40H2,1-2H3,(H,45,47)(H2,43,44,46). The fourth-order valence-electron chi connectivity index (χ4n) is 6.38. The number of carbonyl (C=O) groups is 2. The number of alkyl carbamates (subject to hydrolysis) is 1. The van der Waals surface area contributed by atoms with Crippen LogP contribution in [0.5, 0.6) is 0 Å². The van der Waals surface area contributed by atoms with Gasteiger partial charge in [-0.2, -0.15) is 0 Å². The highest BCUT2D eigenvalue weighted by molar-refractivity contribution is 5.73. The maximum absolute atomic E-state index is 11.9. The fraction of sp³-hybridized carbons (Fsp3) is 0.952. The molecule has 0 spiro atoms. The third-order valence-corrected chi connectivity index (χ3v) is 9.61. The number of rotatable bonds is 40. The maximum Gasteiger partial charge on any atom is 0.407 e. The van der Waals surface area contributed by atoms with E-state index in [4.69, 9.17) is 9.47 Å². The number of hydrogen-bond donors (Lipinski definition) is 3. The normalized spacial score (nSPS) is 11.1. The highest BCUT2D eigenvalue weighted by Crippen LogP contribution is 2.15. The molecule has 0 unspecified atom stereocenters. The molecule has 0 radical (unpaired) electrons. The lowest BCUT2D eigenvalue weighted by Gasteiger charge is -2.09. The van der Waals surface area contributed by atoms with Gasteiger partial charge >= 0.3 is 12.1 Å². The lowest BCUT2D eigenvalue weighted by atomic mass is 10.0. The number of unbranched alkanes of at least 4 members (excludes halogenated alkanes) is 30. The molecule has 7 nitrogen and oxygen atoms in total. The average molecular weight is 696 g/mol. The Hall–Kier alpha value is -1.50. The summed E-state index contributed by atoms with van der Waals surface area (Å²) in [5, 5.41) is 8.56. The SMILES string of the molecule is CCCCCCCCCCCCCCCCCCNC(=O)NCCOCCOC(=O)NCCCCCCCCCCCCCCCCCC. The minimum absolute atomic E-state index is 0.144. The molecule has 49 heavy (non-hydrogen) atoms. The van der Waals surface area contributed by atoms with Crippen LogP contribution in [0.15, 0.2) is 0 Å². The lowest BCUT2D eigenvalue weighted by molar-refractivity contribution is 0.0746. The summed E-state index contributed by atoms with van der Waals surface area (Å²) in [6.45, 7) is 7.33. The number of urea groups is 1. The Morgan fingerprint density at radius 1 is 0.347 bits per heavy atom. The first kappa shape index (κ1) is 47.5. The molecular formula is C42H85N3O4. The molecule has 3 amide bonds. The van der Waals surface area contributed by atoms with Gasteiger partial charge < -0.3 is 25.4 Å². The van der Waals surface area contributed by atoms with Crippen LogP contribution in [0.3, 0.4) is 0 Å². The van der Waals surface area contributed by atoms with Crippen molar-refractivity contribution < 1.29 is 19.1 Å². The topological polar surface area (TPSA) is 88.7 Å². The van der Waals surface area contributed by atoms with E-state index >= 15 is 0 Å². The van der Waals surface area contributed by atoms with Crippen LogP contribution in [-0.4, -0.2) is 51.6 Å². The van der Waals surface area contributed by atoms with Crippen molar-refractivity contribution in [3.63, 3.8) is 0 Å². The summed E-state index contributed by atoms with van der Waals surface area (Å²) in [6.07, 6.45) is 42.7. The first-order chi connectivity index (χ1) is 24.2. The van der Waals surface area contributed by atoms with E-state index in [9.17, 15) is 9.59 Å². The van der Waals surface area contributed by atoms with E-state index in [0.29, 0.717) is 32.8 Å². The van der Waals surface area contributed by atoms with E-state index in [2.05, 4.69) is 29.8 Å². The van der Waals surface area contributed by atoms with Crippen LogP contribution in [0.25, 0.3) is 0 Å². The van der Waals surface area contributed by atoms with Crippen molar-refractivity contribution in [1.82, 2.24) is 16.0 Å². The summed E-state index contributed by atoms with van der Waals surface area (Å²) in [6, 6.07) is -0.144. The predicted molar refractivity (Wildman–Crippen MR) is 211 cm³/mol. The van der Waals surface area contributed by atoms with Crippen LogP contribution >= 0.6 is 0 Å². The van der Waals surface area contributed by atoms with Crippen LogP contribution in [-0.2, 0) is 9.47 Å². The van der Waals surface area contributed by atoms with E-state index in [-0.39, 0.29) is 18.7 Å². The highest BCUT2D eigenvalue weighted by Gasteiger charge is 2.02. The van der Waals surface area contributed by atoms with Gasteiger partial charge in [0.25, 0.3) is 0 Å². The quantitative estimate of drug-likeness (QED) is 0.0557. The lowest BCUT2D eigenvalue weighted by Crippen LogP contribution is -2.37. The zero-order valence-electron chi connectivity index (χ0n) is 33.0. The second-order valence-corrected chi connectivity index (χ2v) is 14.5. The molecule has 0 heterocycles. The molecular weight excluding hydrogens is 610 g/mol. The third kappa shape index (κ3) is 42.6. The number of carbonyl (C=O) groups excluding carboxylic acids is 2. The van der Waals surface area contributed by atoms with Gasteiger partial charge in [-0.15, -0.1) is 0 Å². The molecule has 0 aliphatic rings. The molecule has 7 heteroatoms. The van der Waals surface area contributed by atoms with E-state index in [0.717, 1.165) is 19.3 Å². The van der Waals surface area contributed by atoms with Crippen molar-refractivity contribution in [2.45, 2.75) is 219 Å². The van der Waals surface area contributed by atoms with Crippen LogP contribution in [0, 0.1) is 0 Å². The van der Waals surface area contributed by atoms with Crippen LogP contribution in [0.2, 0.25) is 0 Å². The summed E-state index contributed by atoms with van der Waals surface area (Å²) in [5.74, 6) is 0. The second kappa shape index (κ2) is 42.7. The summed E-state index contributed by atoms with van der Waals surface area (Å²) in [4.78, 5) is 23.7. The molecule has 0 bridgehead atoms. The zero-order valence-corrected chi connectivity index (χ0v) is 33.0. The summed E-state index contributed by atoms with van der Waals surface area (Å²) in [5.41, 5.74) is 0. The smallest absolute Gasteiger partial charge is 0.407 e. The molecule has 0 aromatic heterocycles. The Morgan fingerprint density at radius 2 is 0.653 bits per heavy atom. The van der Waals surface area contributed by atoms with Crippen molar-refractivity contribution >= 4 is 12.1 Å². The van der Waals surface area contributed by atoms with Crippen molar-refractivity contribution in [2.24, 2.45) is 0 Å². The minimum Gasteiger partial charge on any atom is -0.447 e. The molecule has 0 saturated heterocycles. The van der Waals surface area contributed by atoms with Gasteiger partial charge in [0.05, 0.1) is 13.2 Å². The molecule has 0 aromatic rings. The average Bonchev–Trinajstić information content (AvgIpc) is 3.10. The largest absolute Gasteiger partial charge is 0.447 e. The van der Waals surface area contributed by atoms with Gasteiger partial charge in [-0.05, 0) is 12.8 Å². The van der Waals surface area contributed by atoms with Crippen molar-refractivity contribution in [3.05, 3.63) is 0 Å². The van der Waals surface area contributed by atoms with Crippen LogP contribution in [0.1, 0.15) is 219 Å². The Kier molecular flexibility index (Phi) is 41.4. The van der Waals surface area contributed by atoms with E-state index in [1.807, 2.05) is 0 Å². The first-order valence-corrected chi connectivity index (χ1v) is 21.7. The Bertz CT molecular complexity index is 610. The number of amides is 3. The van der Waals surface area contributed by atoms with Gasteiger partial charge in [-0.25, -0.2) is 9.59 Å². The van der Waals surface area contributed by atoms with Gasteiger partial charge in [-0.1, -0.05) is 206 Å². The predicted octanol–water partition coefficient (Wildman–Crippen LogP) is 12.6. The first-order valence-electron chi connectivity index (χ1n) is 21.7. The van der Waals surface area contributed by atoms with Gasteiger partial charge in [0.1, 0.15) is 6.61 Å². The number of ether oxygens (including phenoxy) is 2. The maximum atomic E-state index is 11.9. The third-order valence-electron chi connectivity index (χ3n) is 9.61. The fourth-order valence-corrected chi connectivity index (χ4v) is 6.38. The molecule has 0 rings (SSSR count). The summed E-state index contributed by atoms with van der Waals surface area (Å²) >= 11 is 0. The number of hydrogen-bond acceptors (Lipinski definition) is 4. The minimum atomic E-state index is -0.379. The van der Waals surface area contributed by atoms with Crippen LogP contribution in [0.4, 0.5) is 9.59 Å². The zero-order chi connectivity index (χ0) is 35.6. The molecule has 0 fully saturated rings. The molecule has 0 aliphatic carbocycles.